The molecule has 7 nitrogen and oxygen atoms in total. The lowest BCUT2D eigenvalue weighted by atomic mass is 10.2. The number of nitrogens with zero attached hydrogens (tertiary/aromatic N) is 4. The molecule has 112 valence electrons. The highest BCUT2D eigenvalue weighted by molar-refractivity contribution is 5.34. The molecule has 0 aliphatic heterocycles. The molecule has 0 saturated heterocycles. The van der Waals surface area contributed by atoms with Crippen molar-refractivity contribution in [2.24, 2.45) is 5.92 Å². The Morgan fingerprint density at radius 1 is 1.43 bits per heavy atom. The number of hydrogen-bond acceptors (Lipinski definition) is 5. The van der Waals surface area contributed by atoms with Crippen LogP contribution in [0.25, 0.3) is 0 Å². The summed E-state index contributed by atoms with van der Waals surface area (Å²) in [7, 11) is 0. The minimum Gasteiger partial charge on any atom is -0.310 e. The van der Waals surface area contributed by atoms with Crippen LogP contribution in [0.2, 0.25) is 0 Å². The van der Waals surface area contributed by atoms with Crippen molar-refractivity contribution in [1.82, 2.24) is 20.1 Å². The first kappa shape index (κ1) is 15.1. The van der Waals surface area contributed by atoms with Gasteiger partial charge in [0.25, 0.3) is 5.69 Å². The minimum atomic E-state index is -0.393. The van der Waals surface area contributed by atoms with Crippen LogP contribution in [0.4, 0.5) is 5.69 Å². The van der Waals surface area contributed by atoms with Crippen LogP contribution in [-0.4, -0.2) is 26.2 Å². The van der Waals surface area contributed by atoms with Crippen LogP contribution < -0.4 is 5.32 Å². The van der Waals surface area contributed by atoms with Crippen molar-refractivity contribution in [2.45, 2.75) is 26.9 Å². The highest BCUT2D eigenvalue weighted by atomic mass is 16.6. The van der Waals surface area contributed by atoms with Crippen molar-refractivity contribution in [3.63, 3.8) is 0 Å². The van der Waals surface area contributed by atoms with Crippen molar-refractivity contribution in [3.05, 3.63) is 52.1 Å². The molecule has 7 heteroatoms. The monoisotopic (exact) mass is 289 g/mol. The van der Waals surface area contributed by atoms with Crippen LogP contribution >= 0.6 is 0 Å². The van der Waals surface area contributed by atoms with Gasteiger partial charge >= 0.3 is 0 Å². The lowest BCUT2D eigenvalue weighted by Crippen LogP contribution is -2.22. The molecule has 1 heterocycles. The normalized spacial score (nSPS) is 11.0. The molecular formula is C14H19N5O2. The van der Waals surface area contributed by atoms with E-state index < -0.39 is 4.92 Å². The van der Waals surface area contributed by atoms with E-state index in [0.717, 1.165) is 17.9 Å². The molecule has 1 aromatic carbocycles. The highest BCUT2D eigenvalue weighted by Crippen LogP contribution is 2.14. The largest absolute Gasteiger partial charge is 0.310 e. The molecule has 0 atom stereocenters. The number of rotatable bonds is 7. The second-order valence-electron chi connectivity index (χ2n) is 5.29. The fourth-order valence-electron chi connectivity index (χ4n) is 1.97. The molecule has 0 aliphatic rings. The number of benzene rings is 1. The summed E-state index contributed by atoms with van der Waals surface area (Å²) in [4.78, 5) is 14.6. The van der Waals surface area contributed by atoms with Crippen LogP contribution in [0, 0.1) is 16.0 Å². The summed E-state index contributed by atoms with van der Waals surface area (Å²) < 4.78 is 1.76. The van der Waals surface area contributed by atoms with E-state index in [1.165, 1.54) is 12.4 Å². The van der Waals surface area contributed by atoms with Crippen LogP contribution in [0.15, 0.2) is 30.6 Å². The number of nitrogens with one attached hydrogen (secondary N) is 1. The van der Waals surface area contributed by atoms with E-state index in [1.54, 1.807) is 16.8 Å². The zero-order valence-corrected chi connectivity index (χ0v) is 12.2. The fraction of sp³-hybridized carbons (Fsp3) is 0.429. The molecule has 0 aliphatic carbocycles. The average Bonchev–Trinajstić information content (AvgIpc) is 2.86. The summed E-state index contributed by atoms with van der Waals surface area (Å²) >= 11 is 0. The number of nitro benzene ring substituents is 1. The Balaban J connectivity index is 2.04. The first-order valence-corrected chi connectivity index (χ1v) is 6.87. The predicted molar refractivity (Wildman–Crippen MR) is 78.8 cm³/mol. The summed E-state index contributed by atoms with van der Waals surface area (Å²) in [5.41, 5.74) is 0.923. The molecule has 1 aromatic heterocycles. The fourth-order valence-corrected chi connectivity index (χ4v) is 1.97. The third kappa shape index (κ3) is 4.35. The first-order chi connectivity index (χ1) is 10.1. The Kier molecular flexibility index (Phi) is 4.99. The van der Waals surface area contributed by atoms with E-state index >= 15 is 0 Å². The number of aromatic nitrogens is 3. The van der Waals surface area contributed by atoms with Gasteiger partial charge in [0.15, 0.2) is 0 Å². The van der Waals surface area contributed by atoms with Crippen molar-refractivity contribution in [3.8, 4) is 0 Å². The molecule has 0 bridgehead atoms. The standard InChI is InChI=1S/C14H19N5O2/c1-11(2)7-15-8-14-16-10-17-18(14)9-12-4-3-5-13(6-12)19(20)21/h3-6,10-11,15H,7-9H2,1-2H3. The van der Waals surface area contributed by atoms with E-state index in [9.17, 15) is 10.1 Å². The summed E-state index contributed by atoms with van der Waals surface area (Å²) in [6.07, 6.45) is 1.50. The summed E-state index contributed by atoms with van der Waals surface area (Å²) in [6.45, 7) is 6.29. The molecule has 1 N–H and O–H groups in total. The van der Waals surface area contributed by atoms with E-state index in [4.69, 9.17) is 0 Å². The Labute approximate surface area is 123 Å². The molecule has 0 amide bonds. The predicted octanol–water partition coefficient (Wildman–Crippen LogP) is 1.98. The van der Waals surface area contributed by atoms with Gasteiger partial charge in [-0.05, 0) is 18.0 Å². The highest BCUT2D eigenvalue weighted by Gasteiger charge is 2.09. The van der Waals surface area contributed by atoms with Crippen LogP contribution in [0.1, 0.15) is 25.2 Å². The van der Waals surface area contributed by atoms with Gasteiger partial charge in [-0.25, -0.2) is 9.67 Å². The lowest BCUT2D eigenvalue weighted by molar-refractivity contribution is -0.384. The van der Waals surface area contributed by atoms with Gasteiger partial charge in [0.2, 0.25) is 0 Å². The summed E-state index contributed by atoms with van der Waals surface area (Å²) in [5, 5.41) is 18.3. The van der Waals surface area contributed by atoms with Crippen LogP contribution in [0.3, 0.4) is 0 Å². The molecule has 0 radical (unpaired) electrons. The topological polar surface area (TPSA) is 85.9 Å². The van der Waals surface area contributed by atoms with Gasteiger partial charge in [-0.15, -0.1) is 0 Å². The van der Waals surface area contributed by atoms with E-state index in [0.29, 0.717) is 19.0 Å². The molecule has 0 spiro atoms. The van der Waals surface area contributed by atoms with Gasteiger partial charge in [0, 0.05) is 12.1 Å². The third-order valence-corrected chi connectivity index (χ3v) is 2.99. The molecule has 2 aromatic rings. The Hall–Kier alpha value is -2.28. The Morgan fingerprint density at radius 2 is 2.24 bits per heavy atom. The van der Waals surface area contributed by atoms with Gasteiger partial charge in [-0.3, -0.25) is 10.1 Å². The Morgan fingerprint density at radius 3 is 2.95 bits per heavy atom. The minimum absolute atomic E-state index is 0.0899. The van der Waals surface area contributed by atoms with Gasteiger partial charge in [0.1, 0.15) is 12.2 Å². The maximum Gasteiger partial charge on any atom is 0.269 e. The van der Waals surface area contributed by atoms with E-state index in [2.05, 4.69) is 29.2 Å². The second-order valence-corrected chi connectivity index (χ2v) is 5.29. The number of nitro groups is 1. The third-order valence-electron chi connectivity index (χ3n) is 2.99. The second kappa shape index (κ2) is 6.94. The number of non-ortho nitro benzene ring substituents is 1. The average molecular weight is 289 g/mol. The zero-order chi connectivity index (χ0) is 15.2. The summed E-state index contributed by atoms with van der Waals surface area (Å²) in [5.74, 6) is 1.39. The zero-order valence-electron chi connectivity index (χ0n) is 12.2. The van der Waals surface area contributed by atoms with Crippen molar-refractivity contribution in [1.29, 1.82) is 0 Å². The van der Waals surface area contributed by atoms with Crippen molar-refractivity contribution < 1.29 is 4.92 Å². The molecular weight excluding hydrogens is 270 g/mol. The molecule has 2 rings (SSSR count). The van der Waals surface area contributed by atoms with Crippen molar-refractivity contribution >= 4 is 5.69 Å². The number of hydrogen-bond donors (Lipinski definition) is 1. The SMILES string of the molecule is CC(C)CNCc1ncnn1Cc1cccc([N+](=O)[O-])c1. The van der Waals surface area contributed by atoms with Crippen molar-refractivity contribution in [2.75, 3.05) is 6.54 Å². The molecule has 0 unspecified atom stereocenters. The summed E-state index contributed by atoms with van der Waals surface area (Å²) in [6, 6.07) is 6.57. The van der Waals surface area contributed by atoms with E-state index in [1.807, 2.05) is 6.07 Å². The van der Waals surface area contributed by atoms with Crippen LogP contribution in [0.5, 0.6) is 0 Å². The molecule has 21 heavy (non-hydrogen) atoms. The van der Waals surface area contributed by atoms with Gasteiger partial charge in [-0.1, -0.05) is 26.0 Å². The Bertz CT molecular complexity index is 609. The quantitative estimate of drug-likeness (QED) is 0.622. The molecule has 0 fully saturated rings. The van der Waals surface area contributed by atoms with Crippen LogP contribution in [-0.2, 0) is 13.1 Å². The lowest BCUT2D eigenvalue weighted by Gasteiger charge is -2.09. The van der Waals surface area contributed by atoms with E-state index in [-0.39, 0.29) is 5.69 Å². The maximum absolute atomic E-state index is 10.8. The van der Waals surface area contributed by atoms with Gasteiger partial charge in [0.05, 0.1) is 18.0 Å². The molecule has 0 saturated carbocycles. The van der Waals surface area contributed by atoms with Gasteiger partial charge in [-0.2, -0.15) is 5.10 Å². The van der Waals surface area contributed by atoms with Gasteiger partial charge < -0.3 is 5.32 Å². The first-order valence-electron chi connectivity index (χ1n) is 6.87. The smallest absolute Gasteiger partial charge is 0.269 e. The maximum atomic E-state index is 10.8.